The molecule has 0 aliphatic carbocycles. The van der Waals surface area contributed by atoms with E-state index in [1.807, 2.05) is 0 Å². The summed E-state index contributed by atoms with van der Waals surface area (Å²) in [7, 11) is 2.06. The Morgan fingerprint density at radius 2 is 2.26 bits per heavy atom. The molecule has 0 radical (unpaired) electrons. The quantitative estimate of drug-likeness (QED) is 0.887. The molecule has 3 rings (SSSR count). The van der Waals surface area contributed by atoms with Crippen molar-refractivity contribution in [2.45, 2.75) is 25.3 Å². The highest BCUT2D eigenvalue weighted by molar-refractivity contribution is 5.86. The van der Waals surface area contributed by atoms with Crippen LogP contribution in [0.5, 0.6) is 0 Å². The molecule has 6 nitrogen and oxygen atoms in total. The second kappa shape index (κ2) is 4.62. The monoisotopic (exact) mass is 260 g/mol. The summed E-state index contributed by atoms with van der Waals surface area (Å²) in [6, 6.07) is 5.21. The molecule has 0 spiro atoms. The van der Waals surface area contributed by atoms with Gasteiger partial charge in [-0.25, -0.2) is 14.3 Å². The number of carboxylic acid groups (broad SMARTS) is 1. The summed E-state index contributed by atoms with van der Waals surface area (Å²) in [5, 5.41) is 13.5. The second-order valence-electron chi connectivity index (χ2n) is 4.95. The summed E-state index contributed by atoms with van der Waals surface area (Å²) in [5.41, 5.74) is 0.739. The Kier molecular flexibility index (Phi) is 2.94. The number of pyridine rings is 1. The Morgan fingerprint density at radius 1 is 1.42 bits per heavy atom. The molecular weight excluding hydrogens is 244 g/mol. The molecule has 0 bridgehead atoms. The highest BCUT2D eigenvalue weighted by Crippen LogP contribution is 2.27. The lowest BCUT2D eigenvalue weighted by atomic mass is 10.0. The summed E-state index contributed by atoms with van der Waals surface area (Å²) < 4.78 is 1.42. The van der Waals surface area contributed by atoms with E-state index in [4.69, 9.17) is 5.11 Å². The van der Waals surface area contributed by atoms with Crippen molar-refractivity contribution < 1.29 is 9.90 Å². The molecule has 1 unspecified atom stereocenters. The normalized spacial score (nSPS) is 20.8. The molecule has 0 aromatic carbocycles. The highest BCUT2D eigenvalue weighted by Gasteiger charge is 2.25. The van der Waals surface area contributed by atoms with Gasteiger partial charge in [-0.2, -0.15) is 0 Å². The van der Waals surface area contributed by atoms with Crippen LogP contribution >= 0.6 is 0 Å². The Morgan fingerprint density at radius 3 is 3.00 bits per heavy atom. The van der Waals surface area contributed by atoms with Crippen LogP contribution in [0.2, 0.25) is 0 Å². The third kappa shape index (κ3) is 2.08. The molecule has 1 saturated heterocycles. The van der Waals surface area contributed by atoms with Crippen molar-refractivity contribution in [3.05, 3.63) is 29.7 Å². The maximum atomic E-state index is 11.2. The molecule has 1 N–H and O–H groups in total. The van der Waals surface area contributed by atoms with Crippen molar-refractivity contribution in [3.8, 4) is 0 Å². The maximum Gasteiger partial charge on any atom is 0.354 e. The molecule has 0 saturated carbocycles. The average molecular weight is 260 g/mol. The number of rotatable bonds is 2. The molecule has 19 heavy (non-hydrogen) atoms. The first-order valence-electron chi connectivity index (χ1n) is 6.46. The zero-order valence-electron chi connectivity index (χ0n) is 10.8. The lowest BCUT2D eigenvalue weighted by Crippen LogP contribution is -2.30. The van der Waals surface area contributed by atoms with Gasteiger partial charge in [-0.15, -0.1) is 5.10 Å². The van der Waals surface area contributed by atoms with Gasteiger partial charge in [0.15, 0.2) is 17.2 Å². The number of likely N-dealkylation sites (tertiary alicyclic amines) is 1. The third-order valence-electron chi connectivity index (χ3n) is 3.66. The van der Waals surface area contributed by atoms with Crippen LogP contribution in [0.3, 0.4) is 0 Å². The van der Waals surface area contributed by atoms with E-state index in [0.717, 1.165) is 25.2 Å². The smallest absolute Gasteiger partial charge is 0.354 e. The zero-order chi connectivity index (χ0) is 13.4. The fraction of sp³-hybridized carbons (Fsp3) is 0.462. The molecule has 2 aromatic heterocycles. The standard InChI is InChI=1S/C13H16N4O2/c1-16-8-3-2-5-9(16)12-14-11-7-4-6-10(13(18)19)17(11)15-12/h4,6-7,9H,2-3,5,8H2,1H3,(H,18,19). The minimum absolute atomic E-state index is 0.148. The van der Waals surface area contributed by atoms with E-state index in [0.29, 0.717) is 5.65 Å². The number of carboxylic acids is 1. The van der Waals surface area contributed by atoms with Gasteiger partial charge in [0.2, 0.25) is 0 Å². The number of aromatic nitrogens is 3. The van der Waals surface area contributed by atoms with Crippen molar-refractivity contribution >= 4 is 11.6 Å². The van der Waals surface area contributed by atoms with E-state index < -0.39 is 5.97 Å². The summed E-state index contributed by atoms with van der Waals surface area (Å²) in [4.78, 5) is 17.9. The molecule has 1 atom stereocenters. The largest absolute Gasteiger partial charge is 0.477 e. The summed E-state index contributed by atoms with van der Waals surface area (Å²) in [6.45, 7) is 1.03. The van der Waals surface area contributed by atoms with Gasteiger partial charge in [-0.05, 0) is 38.6 Å². The van der Waals surface area contributed by atoms with Gasteiger partial charge >= 0.3 is 5.97 Å². The second-order valence-corrected chi connectivity index (χ2v) is 4.95. The third-order valence-corrected chi connectivity index (χ3v) is 3.66. The predicted octanol–water partition coefficient (Wildman–Crippen LogP) is 1.58. The Balaban J connectivity index is 2.06. The lowest BCUT2D eigenvalue weighted by Gasteiger charge is -2.30. The fourth-order valence-corrected chi connectivity index (χ4v) is 2.63. The number of fused-ring (bicyclic) bond motifs is 1. The fourth-order valence-electron chi connectivity index (χ4n) is 2.63. The molecule has 1 aliphatic rings. The molecule has 0 amide bonds. The van der Waals surface area contributed by atoms with E-state index in [1.165, 1.54) is 10.9 Å². The van der Waals surface area contributed by atoms with Crippen LogP contribution in [0.4, 0.5) is 0 Å². The number of hydrogen-bond donors (Lipinski definition) is 1. The van der Waals surface area contributed by atoms with Crippen LogP contribution < -0.4 is 0 Å². The predicted molar refractivity (Wildman–Crippen MR) is 69.2 cm³/mol. The first kappa shape index (κ1) is 12.1. The summed E-state index contributed by atoms with van der Waals surface area (Å²) in [6.07, 6.45) is 3.38. The van der Waals surface area contributed by atoms with Gasteiger partial charge in [0.05, 0.1) is 6.04 Å². The lowest BCUT2D eigenvalue weighted by molar-refractivity contribution is 0.0687. The van der Waals surface area contributed by atoms with Gasteiger partial charge < -0.3 is 5.11 Å². The number of piperidine rings is 1. The van der Waals surface area contributed by atoms with Gasteiger partial charge in [0.1, 0.15) is 0 Å². The van der Waals surface area contributed by atoms with Crippen LogP contribution in [0, 0.1) is 0 Å². The molecular formula is C13H16N4O2. The van der Waals surface area contributed by atoms with E-state index in [-0.39, 0.29) is 11.7 Å². The SMILES string of the molecule is CN1CCCCC1c1nc2cccc(C(=O)O)n2n1. The van der Waals surface area contributed by atoms with Crippen LogP contribution in [0.15, 0.2) is 18.2 Å². The first-order chi connectivity index (χ1) is 9.16. The molecule has 6 heteroatoms. The van der Waals surface area contributed by atoms with Crippen LogP contribution in [-0.4, -0.2) is 44.2 Å². The van der Waals surface area contributed by atoms with E-state index >= 15 is 0 Å². The number of hydrogen-bond acceptors (Lipinski definition) is 4. The molecule has 3 heterocycles. The Hall–Kier alpha value is -1.95. The topological polar surface area (TPSA) is 70.7 Å². The van der Waals surface area contributed by atoms with E-state index in [1.54, 1.807) is 18.2 Å². The minimum Gasteiger partial charge on any atom is -0.477 e. The summed E-state index contributed by atoms with van der Waals surface area (Å²) >= 11 is 0. The minimum atomic E-state index is -0.987. The first-order valence-corrected chi connectivity index (χ1v) is 6.46. The van der Waals surface area contributed by atoms with Crippen molar-refractivity contribution in [3.63, 3.8) is 0 Å². The van der Waals surface area contributed by atoms with Crippen LogP contribution in [0.1, 0.15) is 41.6 Å². The average Bonchev–Trinajstić information content (AvgIpc) is 2.82. The Labute approximate surface area is 110 Å². The Bertz CT molecular complexity index is 622. The number of aromatic carboxylic acids is 1. The van der Waals surface area contributed by atoms with Gasteiger partial charge in [-0.3, -0.25) is 4.90 Å². The number of carbonyl (C=O) groups is 1. The maximum absolute atomic E-state index is 11.2. The van der Waals surface area contributed by atoms with Crippen molar-refractivity contribution in [1.82, 2.24) is 19.5 Å². The molecule has 1 fully saturated rings. The van der Waals surface area contributed by atoms with Crippen molar-refractivity contribution in [2.24, 2.45) is 0 Å². The highest BCUT2D eigenvalue weighted by atomic mass is 16.4. The van der Waals surface area contributed by atoms with Crippen molar-refractivity contribution in [2.75, 3.05) is 13.6 Å². The van der Waals surface area contributed by atoms with Gasteiger partial charge in [0, 0.05) is 0 Å². The molecule has 2 aromatic rings. The van der Waals surface area contributed by atoms with Gasteiger partial charge in [0.25, 0.3) is 0 Å². The van der Waals surface area contributed by atoms with E-state index in [2.05, 4.69) is 22.0 Å². The summed E-state index contributed by atoms with van der Waals surface area (Å²) in [5.74, 6) is -0.269. The van der Waals surface area contributed by atoms with Crippen LogP contribution in [-0.2, 0) is 0 Å². The van der Waals surface area contributed by atoms with Crippen molar-refractivity contribution in [1.29, 1.82) is 0 Å². The van der Waals surface area contributed by atoms with E-state index in [9.17, 15) is 4.79 Å². The van der Waals surface area contributed by atoms with Crippen LogP contribution in [0.25, 0.3) is 5.65 Å². The molecule has 1 aliphatic heterocycles. The zero-order valence-corrected chi connectivity index (χ0v) is 10.8. The molecule has 100 valence electrons. The van der Waals surface area contributed by atoms with Gasteiger partial charge in [-0.1, -0.05) is 12.5 Å². The number of nitrogens with zero attached hydrogens (tertiary/aromatic N) is 4.